The first-order chi connectivity index (χ1) is 16.3. The van der Waals surface area contributed by atoms with E-state index in [2.05, 4.69) is 15.2 Å². The number of hydrogen-bond acceptors (Lipinski definition) is 7. The van der Waals surface area contributed by atoms with E-state index >= 15 is 0 Å². The topological polar surface area (TPSA) is 103 Å². The molecule has 3 heterocycles. The second kappa shape index (κ2) is 9.30. The summed E-state index contributed by atoms with van der Waals surface area (Å²) >= 11 is 0. The van der Waals surface area contributed by atoms with E-state index in [-0.39, 0.29) is 42.6 Å². The van der Waals surface area contributed by atoms with E-state index in [9.17, 15) is 18.7 Å². The molecule has 10 heteroatoms. The zero-order valence-electron chi connectivity index (χ0n) is 19.0. The number of aromatic nitrogens is 4. The van der Waals surface area contributed by atoms with Crippen molar-refractivity contribution in [2.75, 3.05) is 6.61 Å². The number of rotatable bonds is 9. The number of benzene rings is 1. The number of nitrogens with zero attached hydrogens (tertiary/aromatic N) is 4. The standard InChI is InChI=1S/C24H24F2N4O4/c1-4-20-28-29-23(34-20)24(3,13-31)11-18(32)21-14(2)27-22-19(9-6-10-30(21)22)33-12-15-16(25)7-5-8-17(15)26/h5-10,31H,4,11-13H2,1-3H3. The smallest absolute Gasteiger partial charge is 0.225 e. The molecule has 0 aliphatic rings. The molecule has 0 bridgehead atoms. The van der Waals surface area contributed by atoms with Crippen LogP contribution in [-0.4, -0.2) is 37.1 Å². The van der Waals surface area contributed by atoms with Crippen LogP contribution in [0.5, 0.6) is 5.75 Å². The molecule has 34 heavy (non-hydrogen) atoms. The first-order valence-corrected chi connectivity index (χ1v) is 10.8. The monoisotopic (exact) mass is 470 g/mol. The molecule has 0 spiro atoms. The third-order valence-corrected chi connectivity index (χ3v) is 5.67. The van der Waals surface area contributed by atoms with Crippen LogP contribution in [0.25, 0.3) is 5.65 Å². The predicted octanol–water partition coefficient (Wildman–Crippen LogP) is 3.97. The Bertz CT molecular complexity index is 1330. The zero-order chi connectivity index (χ0) is 24.5. The molecule has 0 saturated carbocycles. The van der Waals surface area contributed by atoms with Crippen LogP contribution < -0.4 is 4.74 Å². The van der Waals surface area contributed by atoms with Crippen molar-refractivity contribution in [3.63, 3.8) is 0 Å². The van der Waals surface area contributed by atoms with Crippen molar-refractivity contribution < 1.29 is 27.8 Å². The van der Waals surface area contributed by atoms with Gasteiger partial charge in [-0.15, -0.1) is 10.2 Å². The van der Waals surface area contributed by atoms with Crippen LogP contribution >= 0.6 is 0 Å². The lowest BCUT2D eigenvalue weighted by Crippen LogP contribution is -2.31. The van der Waals surface area contributed by atoms with Gasteiger partial charge in [0.15, 0.2) is 17.2 Å². The number of imidazole rings is 1. The number of ether oxygens (including phenoxy) is 1. The lowest BCUT2D eigenvalue weighted by molar-refractivity contribution is 0.0887. The second-order valence-corrected chi connectivity index (χ2v) is 8.27. The van der Waals surface area contributed by atoms with Crippen LogP contribution in [0.4, 0.5) is 8.78 Å². The van der Waals surface area contributed by atoms with E-state index < -0.39 is 17.0 Å². The van der Waals surface area contributed by atoms with Crippen molar-refractivity contribution in [3.8, 4) is 5.75 Å². The highest BCUT2D eigenvalue weighted by Gasteiger charge is 2.36. The largest absolute Gasteiger partial charge is 0.485 e. The number of halogens is 2. The summed E-state index contributed by atoms with van der Waals surface area (Å²) < 4.78 is 40.8. The second-order valence-electron chi connectivity index (χ2n) is 8.27. The van der Waals surface area contributed by atoms with E-state index in [0.717, 1.165) is 12.1 Å². The van der Waals surface area contributed by atoms with E-state index in [1.165, 1.54) is 6.07 Å². The minimum atomic E-state index is -1.08. The highest BCUT2D eigenvalue weighted by molar-refractivity contribution is 5.97. The molecule has 0 fully saturated rings. The predicted molar refractivity (Wildman–Crippen MR) is 118 cm³/mol. The number of aryl methyl sites for hydroxylation is 2. The number of Topliss-reactive ketones (excluding diaryl/α,β-unsaturated/α-hetero) is 1. The van der Waals surface area contributed by atoms with Gasteiger partial charge in [-0.2, -0.15) is 0 Å². The summed E-state index contributed by atoms with van der Waals surface area (Å²) in [6.07, 6.45) is 2.08. The Morgan fingerprint density at radius 1 is 1.21 bits per heavy atom. The Balaban J connectivity index is 1.63. The average Bonchev–Trinajstić information content (AvgIpc) is 3.43. The van der Waals surface area contributed by atoms with Crippen LogP contribution in [0, 0.1) is 18.6 Å². The van der Waals surface area contributed by atoms with E-state index in [1.54, 1.807) is 36.6 Å². The van der Waals surface area contributed by atoms with E-state index in [4.69, 9.17) is 9.15 Å². The van der Waals surface area contributed by atoms with Gasteiger partial charge in [0, 0.05) is 19.0 Å². The van der Waals surface area contributed by atoms with Crippen molar-refractivity contribution >= 4 is 11.4 Å². The molecular formula is C24H24F2N4O4. The highest BCUT2D eigenvalue weighted by atomic mass is 19.1. The first-order valence-electron chi connectivity index (χ1n) is 10.8. The summed E-state index contributed by atoms with van der Waals surface area (Å²) in [6.45, 7) is 4.50. The normalized spacial score (nSPS) is 13.2. The van der Waals surface area contributed by atoms with Gasteiger partial charge < -0.3 is 14.3 Å². The van der Waals surface area contributed by atoms with Crippen LogP contribution in [0.1, 0.15) is 53.8 Å². The molecule has 0 amide bonds. The summed E-state index contributed by atoms with van der Waals surface area (Å²) in [7, 11) is 0. The number of carbonyl (C=O) groups is 1. The molecule has 0 radical (unpaired) electrons. The van der Waals surface area contributed by atoms with Crippen molar-refractivity contribution in [2.24, 2.45) is 0 Å². The Kier molecular flexibility index (Phi) is 6.43. The van der Waals surface area contributed by atoms with Crippen molar-refractivity contribution in [1.29, 1.82) is 0 Å². The summed E-state index contributed by atoms with van der Waals surface area (Å²) in [5.74, 6) is -0.851. The fourth-order valence-electron chi connectivity index (χ4n) is 3.70. The number of aliphatic hydroxyl groups is 1. The molecule has 3 aromatic heterocycles. The molecule has 0 aliphatic carbocycles. The maximum Gasteiger partial charge on any atom is 0.225 e. The van der Waals surface area contributed by atoms with Gasteiger partial charge in [-0.05, 0) is 38.1 Å². The fraction of sp³-hybridized carbons (Fsp3) is 0.333. The van der Waals surface area contributed by atoms with Gasteiger partial charge in [0.1, 0.15) is 23.9 Å². The molecule has 4 aromatic rings. The first kappa shape index (κ1) is 23.5. The lowest BCUT2D eigenvalue weighted by atomic mass is 9.84. The molecule has 178 valence electrons. The van der Waals surface area contributed by atoms with Crippen molar-refractivity contribution in [3.05, 3.63) is 76.9 Å². The van der Waals surface area contributed by atoms with Gasteiger partial charge in [-0.3, -0.25) is 9.20 Å². The van der Waals surface area contributed by atoms with Gasteiger partial charge in [0.05, 0.1) is 23.3 Å². The molecule has 1 aromatic carbocycles. The van der Waals surface area contributed by atoms with E-state index in [0.29, 0.717) is 29.3 Å². The number of aliphatic hydroxyl groups excluding tert-OH is 1. The average molecular weight is 470 g/mol. The Morgan fingerprint density at radius 2 is 1.94 bits per heavy atom. The third-order valence-electron chi connectivity index (χ3n) is 5.67. The van der Waals surface area contributed by atoms with Gasteiger partial charge in [-0.1, -0.05) is 13.0 Å². The van der Waals surface area contributed by atoms with Crippen LogP contribution in [-0.2, 0) is 18.4 Å². The van der Waals surface area contributed by atoms with E-state index in [1.807, 2.05) is 6.92 Å². The van der Waals surface area contributed by atoms with Crippen LogP contribution in [0.15, 0.2) is 40.9 Å². The quantitative estimate of drug-likeness (QED) is 0.369. The minimum Gasteiger partial charge on any atom is -0.485 e. The molecular weight excluding hydrogens is 446 g/mol. The number of hydrogen-bond donors (Lipinski definition) is 1. The molecule has 0 aliphatic heterocycles. The molecule has 1 N–H and O–H groups in total. The van der Waals surface area contributed by atoms with Crippen LogP contribution in [0.2, 0.25) is 0 Å². The summed E-state index contributed by atoms with van der Waals surface area (Å²) in [5, 5.41) is 18.0. The maximum atomic E-state index is 14.0. The Labute approximate surface area is 194 Å². The third kappa shape index (κ3) is 4.28. The van der Waals surface area contributed by atoms with Crippen molar-refractivity contribution in [1.82, 2.24) is 19.6 Å². The zero-order valence-corrected chi connectivity index (χ0v) is 19.0. The maximum absolute atomic E-state index is 14.0. The molecule has 8 nitrogen and oxygen atoms in total. The van der Waals surface area contributed by atoms with Crippen LogP contribution in [0.3, 0.4) is 0 Å². The molecule has 1 atom stereocenters. The number of ketones is 1. The van der Waals surface area contributed by atoms with Gasteiger partial charge in [0.25, 0.3) is 0 Å². The lowest BCUT2D eigenvalue weighted by Gasteiger charge is -2.22. The Hall–Kier alpha value is -3.66. The molecule has 0 saturated heterocycles. The summed E-state index contributed by atoms with van der Waals surface area (Å²) in [4.78, 5) is 17.8. The van der Waals surface area contributed by atoms with Crippen molar-refractivity contribution in [2.45, 2.75) is 45.6 Å². The summed E-state index contributed by atoms with van der Waals surface area (Å²) in [6, 6.07) is 6.85. The van der Waals surface area contributed by atoms with Gasteiger partial charge >= 0.3 is 0 Å². The molecule has 1 unspecified atom stereocenters. The summed E-state index contributed by atoms with van der Waals surface area (Å²) in [5.41, 5.74) is -0.207. The number of carbonyl (C=O) groups excluding carboxylic acids is 1. The number of fused-ring (bicyclic) bond motifs is 1. The number of pyridine rings is 1. The van der Waals surface area contributed by atoms with Gasteiger partial charge in [-0.25, -0.2) is 13.8 Å². The van der Waals surface area contributed by atoms with Gasteiger partial charge in [0.2, 0.25) is 11.8 Å². The minimum absolute atomic E-state index is 0.102. The fourth-order valence-corrected chi connectivity index (χ4v) is 3.70. The SMILES string of the molecule is CCc1nnc(C(C)(CO)CC(=O)c2c(C)nc3c(OCc4c(F)cccc4F)cccn23)o1. The highest BCUT2D eigenvalue weighted by Crippen LogP contribution is 2.30. The molecule has 4 rings (SSSR count). The Morgan fingerprint density at radius 3 is 2.59 bits per heavy atom.